The summed E-state index contributed by atoms with van der Waals surface area (Å²) in [6.45, 7) is 7.87. The zero-order chi connectivity index (χ0) is 13.4. The van der Waals surface area contributed by atoms with Gasteiger partial charge in [0.15, 0.2) is 8.53 Å². The molecule has 0 aromatic carbocycles. The normalized spacial score (nSPS) is 37.6. The Bertz CT molecular complexity index is 401. The molecule has 0 aromatic rings. The zero-order valence-corrected chi connectivity index (χ0v) is 14.8. The van der Waals surface area contributed by atoms with Gasteiger partial charge in [-0.1, -0.05) is 47.0 Å². The first-order chi connectivity index (χ1) is 8.30. The molecule has 0 saturated carbocycles. The summed E-state index contributed by atoms with van der Waals surface area (Å²) >= 11 is 6.22. The molecule has 0 fully saturated rings. The molecule has 0 spiro atoms. The SMILES string of the molecule is CC1=CSC(C)(O[PH](=O)OC2(C)SC=C(C)S2)S1. The first kappa shape index (κ1) is 15.4. The van der Waals surface area contributed by atoms with Crippen molar-refractivity contribution in [3.05, 3.63) is 20.6 Å². The second-order valence-corrected chi connectivity index (χ2v) is 11.3. The molecule has 0 amide bonds. The summed E-state index contributed by atoms with van der Waals surface area (Å²) < 4.78 is 22.1. The molecule has 2 aliphatic rings. The standard InChI is InChI=1S/C10H15O3PS4/c1-7-5-15-9(3,17-7)12-14(11)13-10(4)16-6-8(2)18-10/h5-6,14H,1-4H3. The van der Waals surface area contributed by atoms with Crippen LogP contribution in [0.5, 0.6) is 0 Å². The van der Waals surface area contributed by atoms with Crippen LogP contribution in [0.1, 0.15) is 27.7 Å². The van der Waals surface area contributed by atoms with E-state index in [1.807, 2.05) is 38.5 Å². The van der Waals surface area contributed by atoms with E-state index >= 15 is 0 Å². The van der Waals surface area contributed by atoms with E-state index in [1.165, 1.54) is 33.3 Å². The number of thioether (sulfide) groups is 4. The summed E-state index contributed by atoms with van der Waals surface area (Å²) in [5.41, 5.74) is 0. The lowest BCUT2D eigenvalue weighted by atomic mass is 10.8. The molecule has 0 saturated heterocycles. The van der Waals surface area contributed by atoms with Crippen molar-refractivity contribution in [2.45, 2.75) is 36.2 Å². The van der Waals surface area contributed by atoms with Crippen LogP contribution in [0.4, 0.5) is 0 Å². The van der Waals surface area contributed by atoms with Crippen molar-refractivity contribution in [3.8, 4) is 0 Å². The Labute approximate surface area is 125 Å². The fraction of sp³-hybridized carbons (Fsp3) is 0.600. The first-order valence-corrected chi connectivity index (χ1v) is 9.91. The molecule has 0 radical (unpaired) electrons. The minimum atomic E-state index is -2.52. The van der Waals surface area contributed by atoms with Crippen molar-refractivity contribution in [1.29, 1.82) is 0 Å². The average Bonchev–Trinajstić information content (AvgIpc) is 2.70. The van der Waals surface area contributed by atoms with Crippen LogP contribution in [0.3, 0.4) is 0 Å². The molecule has 2 unspecified atom stereocenters. The minimum absolute atomic E-state index is 0.521. The van der Waals surface area contributed by atoms with Crippen molar-refractivity contribution in [2.24, 2.45) is 0 Å². The van der Waals surface area contributed by atoms with Gasteiger partial charge in [0.1, 0.15) is 0 Å². The Morgan fingerprint density at radius 2 is 1.39 bits per heavy atom. The van der Waals surface area contributed by atoms with Crippen molar-refractivity contribution < 1.29 is 13.6 Å². The van der Waals surface area contributed by atoms with Gasteiger partial charge in [0.25, 0.3) is 0 Å². The lowest BCUT2D eigenvalue weighted by molar-refractivity contribution is 0.191. The molecule has 8 heteroatoms. The number of allylic oxidation sites excluding steroid dienone is 2. The van der Waals surface area contributed by atoms with E-state index in [2.05, 4.69) is 0 Å². The molecular formula is C10H15O3PS4. The van der Waals surface area contributed by atoms with Crippen LogP contribution in [0.2, 0.25) is 0 Å². The van der Waals surface area contributed by atoms with Crippen molar-refractivity contribution in [2.75, 3.05) is 0 Å². The smallest absolute Gasteiger partial charge is 0.282 e. The second-order valence-electron chi connectivity index (χ2n) is 4.08. The molecule has 0 N–H and O–H groups in total. The third-order valence-corrected chi connectivity index (χ3v) is 8.98. The minimum Gasteiger partial charge on any atom is -0.282 e. The fourth-order valence-electron chi connectivity index (χ4n) is 1.47. The Morgan fingerprint density at radius 3 is 1.67 bits per heavy atom. The van der Waals surface area contributed by atoms with E-state index in [9.17, 15) is 4.57 Å². The Kier molecular flexibility index (Phi) is 4.97. The fourth-order valence-corrected chi connectivity index (χ4v) is 7.72. The molecule has 2 rings (SSSR count). The van der Waals surface area contributed by atoms with Crippen LogP contribution < -0.4 is 0 Å². The maximum absolute atomic E-state index is 12.0. The maximum atomic E-state index is 12.0. The lowest BCUT2D eigenvalue weighted by Crippen LogP contribution is -2.17. The van der Waals surface area contributed by atoms with Gasteiger partial charge in [-0.05, 0) is 48.3 Å². The van der Waals surface area contributed by atoms with Gasteiger partial charge in [0.2, 0.25) is 0 Å². The average molecular weight is 342 g/mol. The highest BCUT2D eigenvalue weighted by Crippen LogP contribution is 2.58. The van der Waals surface area contributed by atoms with Gasteiger partial charge in [0.05, 0.1) is 0 Å². The molecular weight excluding hydrogens is 327 g/mol. The Morgan fingerprint density at radius 1 is 1.00 bits per heavy atom. The van der Waals surface area contributed by atoms with Gasteiger partial charge in [-0.25, -0.2) is 0 Å². The molecule has 0 aliphatic carbocycles. The van der Waals surface area contributed by atoms with Crippen LogP contribution >= 0.6 is 55.3 Å². The van der Waals surface area contributed by atoms with Crippen LogP contribution in [0, 0.1) is 0 Å². The molecule has 102 valence electrons. The lowest BCUT2D eigenvalue weighted by Gasteiger charge is -2.26. The Hall–Kier alpha value is 1.03. The van der Waals surface area contributed by atoms with E-state index in [0.717, 1.165) is 0 Å². The number of rotatable bonds is 4. The molecule has 0 aromatic heterocycles. The second kappa shape index (κ2) is 5.80. The summed E-state index contributed by atoms with van der Waals surface area (Å²) in [4.78, 5) is 2.34. The van der Waals surface area contributed by atoms with Crippen LogP contribution in [-0.2, 0) is 13.6 Å². The van der Waals surface area contributed by atoms with E-state index in [4.69, 9.17) is 9.05 Å². The van der Waals surface area contributed by atoms with Gasteiger partial charge in [0, 0.05) is 0 Å². The van der Waals surface area contributed by atoms with Crippen molar-refractivity contribution in [3.63, 3.8) is 0 Å². The summed E-state index contributed by atoms with van der Waals surface area (Å²) in [6, 6.07) is 0. The molecule has 2 heterocycles. The predicted molar refractivity (Wildman–Crippen MR) is 85.9 cm³/mol. The highest BCUT2D eigenvalue weighted by Gasteiger charge is 2.38. The van der Waals surface area contributed by atoms with E-state index in [0.29, 0.717) is 0 Å². The summed E-state index contributed by atoms with van der Waals surface area (Å²) in [6.07, 6.45) is 0. The molecule has 18 heavy (non-hydrogen) atoms. The predicted octanol–water partition coefficient (Wildman–Crippen LogP) is 5.44. The van der Waals surface area contributed by atoms with Gasteiger partial charge < -0.3 is 0 Å². The number of hydrogen-bond donors (Lipinski definition) is 0. The van der Waals surface area contributed by atoms with Gasteiger partial charge in [-0.15, -0.1) is 0 Å². The van der Waals surface area contributed by atoms with E-state index < -0.39 is 16.8 Å². The Balaban J connectivity index is 1.87. The summed E-state index contributed by atoms with van der Waals surface area (Å²) in [5.74, 6) is 0. The molecule has 2 aliphatic heterocycles. The highest BCUT2D eigenvalue weighted by molar-refractivity contribution is 8.24. The van der Waals surface area contributed by atoms with Crippen molar-refractivity contribution >= 4 is 55.3 Å². The summed E-state index contributed by atoms with van der Waals surface area (Å²) in [5, 5.41) is 4.04. The third-order valence-electron chi connectivity index (χ3n) is 2.11. The quantitative estimate of drug-likeness (QED) is 0.629. The van der Waals surface area contributed by atoms with Gasteiger partial charge in [-0.2, -0.15) is 0 Å². The topological polar surface area (TPSA) is 35.5 Å². The highest BCUT2D eigenvalue weighted by atomic mass is 32.2. The number of hydrogen-bond acceptors (Lipinski definition) is 7. The van der Waals surface area contributed by atoms with Crippen molar-refractivity contribution in [1.82, 2.24) is 0 Å². The van der Waals surface area contributed by atoms with Crippen LogP contribution in [0.25, 0.3) is 0 Å². The van der Waals surface area contributed by atoms with Gasteiger partial charge in [-0.3, -0.25) is 13.6 Å². The first-order valence-electron chi connectivity index (χ1n) is 5.29. The van der Waals surface area contributed by atoms with Crippen LogP contribution in [0.15, 0.2) is 20.6 Å². The van der Waals surface area contributed by atoms with E-state index in [-0.39, 0.29) is 0 Å². The van der Waals surface area contributed by atoms with Crippen LogP contribution in [-0.4, -0.2) is 8.53 Å². The largest absolute Gasteiger partial charge is 0.323 e. The molecule has 0 bridgehead atoms. The summed E-state index contributed by atoms with van der Waals surface area (Å²) in [7, 11) is -2.52. The molecule has 3 nitrogen and oxygen atoms in total. The monoisotopic (exact) mass is 342 g/mol. The third kappa shape index (κ3) is 4.01. The maximum Gasteiger partial charge on any atom is 0.323 e. The van der Waals surface area contributed by atoms with Gasteiger partial charge >= 0.3 is 8.25 Å². The molecule has 2 atom stereocenters. The van der Waals surface area contributed by atoms with E-state index in [1.54, 1.807) is 23.5 Å². The zero-order valence-electron chi connectivity index (χ0n) is 10.5.